The van der Waals surface area contributed by atoms with Gasteiger partial charge in [0, 0.05) is 11.8 Å². The number of nitrogens with zero attached hydrogens (tertiary/aromatic N) is 2. The fourth-order valence-electron chi connectivity index (χ4n) is 1.74. The van der Waals surface area contributed by atoms with E-state index in [4.69, 9.17) is 9.84 Å². The second-order valence-electron chi connectivity index (χ2n) is 4.30. The third kappa shape index (κ3) is 3.07. The van der Waals surface area contributed by atoms with Crippen molar-refractivity contribution in [3.05, 3.63) is 46.9 Å². The van der Waals surface area contributed by atoms with Crippen molar-refractivity contribution in [2.24, 2.45) is 0 Å². The molecule has 0 spiro atoms. The molecule has 19 heavy (non-hydrogen) atoms. The summed E-state index contributed by atoms with van der Waals surface area (Å²) in [5, 5.41) is 9.13. The highest BCUT2D eigenvalue weighted by Crippen LogP contribution is 2.25. The van der Waals surface area contributed by atoms with Crippen molar-refractivity contribution in [2.45, 2.75) is 20.8 Å². The summed E-state index contributed by atoms with van der Waals surface area (Å²) in [6.07, 6.45) is 0. The molecule has 5 heteroatoms. The van der Waals surface area contributed by atoms with Crippen molar-refractivity contribution >= 4 is 5.97 Å². The second kappa shape index (κ2) is 5.06. The molecule has 98 valence electrons. The Kier molecular flexibility index (Phi) is 3.46. The average molecular weight is 258 g/mol. The highest BCUT2D eigenvalue weighted by molar-refractivity contribution is 5.91. The van der Waals surface area contributed by atoms with Crippen LogP contribution in [0.4, 0.5) is 0 Å². The Balaban J connectivity index is 2.42. The van der Waals surface area contributed by atoms with Gasteiger partial charge in [-0.05, 0) is 38.5 Å². The number of rotatable bonds is 3. The number of hydrogen-bond donors (Lipinski definition) is 1. The fraction of sp³-hybridized carbons (Fsp3) is 0.214. The summed E-state index contributed by atoms with van der Waals surface area (Å²) in [6, 6.07) is 6.60. The van der Waals surface area contributed by atoms with Gasteiger partial charge in [-0.2, -0.15) is 4.98 Å². The number of carboxylic acid groups (broad SMARTS) is 1. The van der Waals surface area contributed by atoms with Crippen LogP contribution in [0.5, 0.6) is 11.6 Å². The Morgan fingerprint density at radius 1 is 1.16 bits per heavy atom. The fourth-order valence-corrected chi connectivity index (χ4v) is 1.74. The molecule has 0 aliphatic heterocycles. The van der Waals surface area contributed by atoms with Gasteiger partial charge >= 0.3 is 5.97 Å². The van der Waals surface area contributed by atoms with Crippen LogP contribution in [0.15, 0.2) is 24.3 Å². The Bertz CT molecular complexity index is 618. The molecular weight excluding hydrogens is 244 g/mol. The zero-order valence-corrected chi connectivity index (χ0v) is 11.0. The van der Waals surface area contributed by atoms with E-state index < -0.39 is 5.97 Å². The Labute approximate surface area is 110 Å². The third-order valence-electron chi connectivity index (χ3n) is 2.52. The lowest BCUT2D eigenvalue weighted by atomic mass is 10.1. The van der Waals surface area contributed by atoms with E-state index in [1.54, 1.807) is 25.1 Å². The van der Waals surface area contributed by atoms with Gasteiger partial charge in [-0.3, -0.25) is 0 Å². The zero-order chi connectivity index (χ0) is 14.0. The summed E-state index contributed by atoms with van der Waals surface area (Å²) < 4.78 is 5.58. The lowest BCUT2D eigenvalue weighted by Gasteiger charge is -2.09. The van der Waals surface area contributed by atoms with Crippen molar-refractivity contribution in [2.75, 3.05) is 0 Å². The van der Waals surface area contributed by atoms with Crippen molar-refractivity contribution in [3.63, 3.8) is 0 Å². The summed E-state index contributed by atoms with van der Waals surface area (Å²) >= 11 is 0. The van der Waals surface area contributed by atoms with Gasteiger partial charge in [-0.1, -0.05) is 6.07 Å². The van der Waals surface area contributed by atoms with E-state index in [2.05, 4.69) is 9.97 Å². The Morgan fingerprint density at radius 3 is 2.53 bits per heavy atom. The number of aromatic nitrogens is 2. The van der Waals surface area contributed by atoms with Crippen LogP contribution in [-0.2, 0) is 0 Å². The summed E-state index contributed by atoms with van der Waals surface area (Å²) in [5.41, 5.74) is 1.80. The van der Waals surface area contributed by atoms with Crippen molar-refractivity contribution < 1.29 is 14.6 Å². The molecule has 0 fully saturated rings. The third-order valence-corrected chi connectivity index (χ3v) is 2.52. The van der Waals surface area contributed by atoms with Crippen LogP contribution in [0.2, 0.25) is 0 Å². The van der Waals surface area contributed by atoms with Crippen molar-refractivity contribution in [1.29, 1.82) is 0 Å². The largest absolute Gasteiger partial charge is 0.478 e. The normalized spacial score (nSPS) is 10.3. The molecule has 1 N–H and O–H groups in total. The Hall–Kier alpha value is -2.43. The van der Waals surface area contributed by atoms with Gasteiger partial charge < -0.3 is 9.84 Å². The zero-order valence-electron chi connectivity index (χ0n) is 11.0. The van der Waals surface area contributed by atoms with E-state index in [9.17, 15) is 4.79 Å². The number of carboxylic acids is 1. The number of aryl methyl sites for hydroxylation is 3. The molecule has 2 aromatic rings. The summed E-state index contributed by atoms with van der Waals surface area (Å²) in [7, 11) is 0. The van der Waals surface area contributed by atoms with Crippen molar-refractivity contribution in [1.82, 2.24) is 9.97 Å². The summed E-state index contributed by atoms with van der Waals surface area (Å²) in [6.45, 7) is 5.46. The van der Waals surface area contributed by atoms with Gasteiger partial charge in [-0.15, -0.1) is 0 Å². The standard InChI is InChI=1S/C14H14N2O3/c1-8-4-5-11(14(17)18)12(6-8)19-13-7-9(2)15-10(3)16-13/h4-7H,1-3H3,(H,17,18). The van der Waals surface area contributed by atoms with Crippen LogP contribution in [0.25, 0.3) is 0 Å². The minimum Gasteiger partial charge on any atom is -0.478 e. The number of benzene rings is 1. The molecule has 0 radical (unpaired) electrons. The van der Waals surface area contributed by atoms with E-state index in [1.165, 1.54) is 6.07 Å². The molecule has 0 atom stereocenters. The summed E-state index contributed by atoms with van der Waals surface area (Å²) in [4.78, 5) is 19.4. The van der Waals surface area contributed by atoms with Crippen LogP contribution in [0, 0.1) is 20.8 Å². The number of aromatic carboxylic acids is 1. The molecule has 0 aliphatic rings. The molecule has 0 saturated heterocycles. The lowest BCUT2D eigenvalue weighted by Crippen LogP contribution is -2.02. The predicted molar refractivity (Wildman–Crippen MR) is 69.7 cm³/mol. The van der Waals surface area contributed by atoms with E-state index in [1.807, 2.05) is 13.8 Å². The van der Waals surface area contributed by atoms with Gasteiger partial charge in [-0.25, -0.2) is 9.78 Å². The van der Waals surface area contributed by atoms with E-state index >= 15 is 0 Å². The molecule has 0 bridgehead atoms. The summed E-state index contributed by atoms with van der Waals surface area (Å²) in [5.74, 6) is 0.181. The molecule has 1 aromatic carbocycles. The number of carbonyl (C=O) groups is 1. The van der Waals surface area contributed by atoms with Gasteiger partial charge in [0.15, 0.2) is 0 Å². The first-order chi connectivity index (χ1) is 8.95. The minimum atomic E-state index is -1.03. The van der Waals surface area contributed by atoms with Crippen molar-refractivity contribution in [3.8, 4) is 11.6 Å². The van der Waals surface area contributed by atoms with Crippen LogP contribution < -0.4 is 4.74 Å². The minimum absolute atomic E-state index is 0.111. The van der Waals surface area contributed by atoms with Crippen LogP contribution in [0.3, 0.4) is 0 Å². The molecule has 5 nitrogen and oxygen atoms in total. The van der Waals surface area contributed by atoms with E-state index in [-0.39, 0.29) is 11.3 Å². The van der Waals surface area contributed by atoms with Crippen LogP contribution >= 0.6 is 0 Å². The quantitative estimate of drug-likeness (QED) is 0.916. The smallest absolute Gasteiger partial charge is 0.339 e. The van der Waals surface area contributed by atoms with E-state index in [0.29, 0.717) is 11.7 Å². The first-order valence-corrected chi connectivity index (χ1v) is 5.80. The molecule has 2 rings (SSSR count). The highest BCUT2D eigenvalue weighted by atomic mass is 16.5. The maximum Gasteiger partial charge on any atom is 0.339 e. The molecule has 0 saturated carbocycles. The van der Waals surface area contributed by atoms with Crippen LogP contribution in [-0.4, -0.2) is 21.0 Å². The average Bonchev–Trinajstić information content (AvgIpc) is 2.26. The number of ether oxygens (including phenoxy) is 1. The molecule has 0 unspecified atom stereocenters. The van der Waals surface area contributed by atoms with Gasteiger partial charge in [0.2, 0.25) is 5.88 Å². The molecule has 1 aromatic heterocycles. The molecule has 0 amide bonds. The molecular formula is C14H14N2O3. The van der Waals surface area contributed by atoms with E-state index in [0.717, 1.165) is 11.3 Å². The van der Waals surface area contributed by atoms with Crippen LogP contribution in [0.1, 0.15) is 27.4 Å². The first-order valence-electron chi connectivity index (χ1n) is 5.80. The van der Waals surface area contributed by atoms with Gasteiger partial charge in [0.1, 0.15) is 17.1 Å². The van der Waals surface area contributed by atoms with Gasteiger partial charge in [0.25, 0.3) is 0 Å². The topological polar surface area (TPSA) is 72.3 Å². The van der Waals surface area contributed by atoms with Gasteiger partial charge in [0.05, 0.1) is 0 Å². The maximum atomic E-state index is 11.1. The monoisotopic (exact) mass is 258 g/mol. The SMILES string of the molecule is Cc1ccc(C(=O)O)c(Oc2cc(C)nc(C)n2)c1. The first kappa shape index (κ1) is 13.0. The number of hydrogen-bond acceptors (Lipinski definition) is 4. The maximum absolute atomic E-state index is 11.1. The lowest BCUT2D eigenvalue weighted by molar-refractivity contribution is 0.0694. The second-order valence-corrected chi connectivity index (χ2v) is 4.30. The predicted octanol–water partition coefficient (Wildman–Crippen LogP) is 2.89. The Morgan fingerprint density at radius 2 is 1.89 bits per heavy atom. The highest BCUT2D eigenvalue weighted by Gasteiger charge is 2.13. The molecule has 1 heterocycles. The molecule has 0 aliphatic carbocycles.